The maximum absolute atomic E-state index is 12.0. The maximum Gasteiger partial charge on any atom is 0.411 e. The van der Waals surface area contributed by atoms with Gasteiger partial charge in [-0.3, -0.25) is 0 Å². The van der Waals surface area contributed by atoms with Gasteiger partial charge in [0.15, 0.2) is 6.54 Å². The van der Waals surface area contributed by atoms with E-state index in [0.29, 0.717) is 11.0 Å². The predicted molar refractivity (Wildman–Crippen MR) is 45.5 cm³/mol. The van der Waals surface area contributed by atoms with Crippen molar-refractivity contribution in [3.05, 3.63) is 37.1 Å². The van der Waals surface area contributed by atoms with Crippen LogP contribution in [-0.4, -0.2) is 15.7 Å². The Hall–Kier alpha value is -1.52. The lowest BCUT2D eigenvalue weighted by atomic mass is 10.3. The van der Waals surface area contributed by atoms with Gasteiger partial charge in [-0.15, -0.1) is 0 Å². The number of alkyl halides is 3. The summed E-state index contributed by atoms with van der Waals surface area (Å²) < 4.78 is 37.1. The Labute approximate surface area is 78.0 Å². The Kier molecular flexibility index (Phi) is 1.94. The van der Waals surface area contributed by atoms with Crippen molar-refractivity contribution in [2.75, 3.05) is 0 Å². The first-order valence-corrected chi connectivity index (χ1v) is 3.90. The van der Waals surface area contributed by atoms with Crippen molar-refractivity contribution in [2.24, 2.45) is 0 Å². The number of aromatic nitrogens is 2. The fourth-order valence-electron chi connectivity index (χ4n) is 1.24. The molecule has 2 rings (SSSR count). The van der Waals surface area contributed by atoms with Crippen LogP contribution in [0.2, 0.25) is 0 Å². The standard InChI is InChI=1S/C9H6F3N2/c10-9(11,12)5-14-6-13-7-3-1-2-4-8(7)14/h1-6H. The lowest BCUT2D eigenvalue weighted by Crippen LogP contribution is -2.13. The number of hydrogen-bond donors (Lipinski definition) is 0. The van der Waals surface area contributed by atoms with E-state index in [-0.39, 0.29) is 6.54 Å². The van der Waals surface area contributed by atoms with Crippen molar-refractivity contribution in [2.45, 2.75) is 6.18 Å². The molecule has 0 aliphatic carbocycles. The molecule has 1 radical (unpaired) electrons. The van der Waals surface area contributed by atoms with Crippen LogP contribution >= 0.6 is 0 Å². The van der Waals surface area contributed by atoms with Crippen LogP contribution in [-0.2, 0) is 0 Å². The highest BCUT2D eigenvalue weighted by atomic mass is 19.4. The summed E-state index contributed by atoms with van der Waals surface area (Å²) in [5, 5.41) is 0. The van der Waals surface area contributed by atoms with E-state index in [1.165, 1.54) is 0 Å². The van der Waals surface area contributed by atoms with Crippen molar-refractivity contribution in [3.63, 3.8) is 0 Å². The van der Waals surface area contributed by atoms with E-state index in [1.807, 2.05) is 0 Å². The molecule has 1 aromatic carbocycles. The zero-order valence-electron chi connectivity index (χ0n) is 6.99. The highest BCUT2D eigenvalue weighted by Gasteiger charge is 2.29. The SMILES string of the molecule is FC(F)(F)[CH]n1cnc2ccccc21. The zero-order chi connectivity index (χ0) is 10.2. The van der Waals surface area contributed by atoms with Gasteiger partial charge in [0, 0.05) is 0 Å². The Morgan fingerprint density at radius 1 is 1.21 bits per heavy atom. The molecule has 0 N–H and O–H groups in total. The second-order valence-corrected chi connectivity index (χ2v) is 2.81. The first-order chi connectivity index (χ1) is 6.56. The van der Waals surface area contributed by atoms with Gasteiger partial charge in [-0.05, 0) is 12.1 Å². The van der Waals surface area contributed by atoms with Crippen molar-refractivity contribution < 1.29 is 13.2 Å². The second kappa shape index (κ2) is 3.01. The molecular formula is C9H6F3N2. The molecule has 0 spiro atoms. The van der Waals surface area contributed by atoms with Gasteiger partial charge in [0.05, 0.1) is 17.4 Å². The van der Waals surface area contributed by atoms with Crippen LogP contribution in [0.1, 0.15) is 0 Å². The fraction of sp³-hybridized carbons (Fsp3) is 0.111. The summed E-state index contributed by atoms with van der Waals surface area (Å²) in [5.74, 6) is 0. The summed E-state index contributed by atoms with van der Waals surface area (Å²) in [6.07, 6.45) is -3.18. The van der Waals surface area contributed by atoms with Gasteiger partial charge in [-0.1, -0.05) is 12.1 Å². The van der Waals surface area contributed by atoms with Gasteiger partial charge in [0.25, 0.3) is 0 Å². The third-order valence-corrected chi connectivity index (χ3v) is 1.77. The molecule has 73 valence electrons. The molecule has 1 aromatic heterocycles. The van der Waals surface area contributed by atoms with Crippen molar-refractivity contribution in [1.29, 1.82) is 0 Å². The first-order valence-electron chi connectivity index (χ1n) is 3.90. The number of para-hydroxylation sites is 2. The molecule has 1 heterocycles. The summed E-state index contributed by atoms with van der Waals surface area (Å²) in [6.45, 7) is 0.183. The van der Waals surface area contributed by atoms with Gasteiger partial charge in [-0.25, -0.2) is 4.98 Å². The number of fused-ring (bicyclic) bond motifs is 1. The van der Waals surface area contributed by atoms with Gasteiger partial charge in [-0.2, -0.15) is 13.2 Å². The molecule has 0 aliphatic heterocycles. The van der Waals surface area contributed by atoms with Crippen molar-refractivity contribution >= 4 is 11.0 Å². The van der Waals surface area contributed by atoms with Gasteiger partial charge in [0.1, 0.15) is 0 Å². The lowest BCUT2D eigenvalue weighted by Gasteiger charge is -2.06. The second-order valence-electron chi connectivity index (χ2n) is 2.81. The van der Waals surface area contributed by atoms with E-state index < -0.39 is 6.18 Å². The topological polar surface area (TPSA) is 17.8 Å². The molecule has 2 aromatic rings. The van der Waals surface area contributed by atoms with Crippen LogP contribution in [0, 0.1) is 6.54 Å². The van der Waals surface area contributed by atoms with Gasteiger partial charge >= 0.3 is 6.18 Å². The third kappa shape index (κ3) is 1.71. The van der Waals surface area contributed by atoms with Crippen LogP contribution < -0.4 is 0 Å². The molecule has 14 heavy (non-hydrogen) atoms. The lowest BCUT2D eigenvalue weighted by molar-refractivity contribution is -0.100. The number of rotatable bonds is 1. The third-order valence-electron chi connectivity index (χ3n) is 1.77. The molecule has 0 aliphatic rings. The summed E-state index contributed by atoms with van der Waals surface area (Å²) in [6, 6.07) is 6.65. The minimum atomic E-state index is -4.33. The minimum Gasteiger partial charge on any atom is -0.316 e. The van der Waals surface area contributed by atoms with Gasteiger partial charge in [0.2, 0.25) is 0 Å². The molecule has 0 saturated carbocycles. The fourth-order valence-corrected chi connectivity index (χ4v) is 1.24. The number of benzene rings is 1. The van der Waals surface area contributed by atoms with Crippen molar-refractivity contribution in [1.82, 2.24) is 9.55 Å². The molecule has 0 bridgehead atoms. The van der Waals surface area contributed by atoms with E-state index in [2.05, 4.69) is 4.98 Å². The van der Waals surface area contributed by atoms with Crippen molar-refractivity contribution in [3.8, 4) is 0 Å². The normalized spacial score (nSPS) is 12.2. The van der Waals surface area contributed by atoms with Gasteiger partial charge < -0.3 is 4.57 Å². The smallest absolute Gasteiger partial charge is 0.316 e. The monoisotopic (exact) mass is 199 g/mol. The van der Waals surface area contributed by atoms with E-state index in [1.54, 1.807) is 24.3 Å². The molecule has 0 atom stereocenters. The van der Waals surface area contributed by atoms with E-state index >= 15 is 0 Å². The van der Waals surface area contributed by atoms with E-state index in [9.17, 15) is 13.2 Å². The van der Waals surface area contributed by atoms with Crippen LogP contribution in [0.25, 0.3) is 11.0 Å². The first kappa shape index (κ1) is 9.05. The molecule has 0 fully saturated rings. The average molecular weight is 199 g/mol. The van der Waals surface area contributed by atoms with Crippen LogP contribution in [0.5, 0.6) is 0 Å². The number of imidazole rings is 1. The number of nitrogens with zero attached hydrogens (tertiary/aromatic N) is 2. The number of halogens is 3. The highest BCUT2D eigenvalue weighted by molar-refractivity contribution is 5.75. The molecule has 0 unspecified atom stereocenters. The molecular weight excluding hydrogens is 193 g/mol. The van der Waals surface area contributed by atoms with Crippen LogP contribution in [0.4, 0.5) is 13.2 Å². The molecule has 0 amide bonds. The molecule has 5 heteroatoms. The average Bonchev–Trinajstić information content (AvgIpc) is 2.47. The van der Waals surface area contributed by atoms with Crippen LogP contribution in [0.15, 0.2) is 30.6 Å². The Morgan fingerprint density at radius 2 is 1.93 bits per heavy atom. The van der Waals surface area contributed by atoms with E-state index in [4.69, 9.17) is 0 Å². The Balaban J connectivity index is 2.44. The summed E-state index contributed by atoms with van der Waals surface area (Å²) in [4.78, 5) is 3.83. The minimum absolute atomic E-state index is 0.183. The predicted octanol–water partition coefficient (Wildman–Crippen LogP) is 2.61. The molecule has 0 saturated heterocycles. The maximum atomic E-state index is 12.0. The Morgan fingerprint density at radius 3 is 2.64 bits per heavy atom. The quantitative estimate of drug-likeness (QED) is 0.690. The highest BCUT2D eigenvalue weighted by Crippen LogP contribution is 2.22. The Bertz CT molecular complexity index is 444. The molecule has 2 nitrogen and oxygen atoms in total. The van der Waals surface area contributed by atoms with Crippen LogP contribution in [0.3, 0.4) is 0 Å². The number of hydrogen-bond acceptors (Lipinski definition) is 1. The van der Waals surface area contributed by atoms with E-state index in [0.717, 1.165) is 10.9 Å². The largest absolute Gasteiger partial charge is 0.411 e. The summed E-state index contributed by atoms with van der Waals surface area (Å²) in [5.41, 5.74) is 0.998. The summed E-state index contributed by atoms with van der Waals surface area (Å²) in [7, 11) is 0. The summed E-state index contributed by atoms with van der Waals surface area (Å²) >= 11 is 0. The zero-order valence-corrected chi connectivity index (χ0v) is 6.99.